The van der Waals surface area contributed by atoms with Crippen LogP contribution in [0.5, 0.6) is 0 Å². The second kappa shape index (κ2) is 14.8. The summed E-state index contributed by atoms with van der Waals surface area (Å²) in [7, 11) is 0. The number of Topliss-reactive ketones (excluding diaryl/α,β-unsaturated/α-hetero) is 2. The van der Waals surface area contributed by atoms with Gasteiger partial charge in [-0.3, -0.25) is 24.1 Å². The van der Waals surface area contributed by atoms with Crippen LogP contribution >= 0.6 is 0 Å². The lowest BCUT2D eigenvalue weighted by atomic mass is 9.94. The number of likely N-dealkylation sites (tertiary alicyclic amines) is 1. The van der Waals surface area contributed by atoms with E-state index in [0.717, 1.165) is 25.7 Å². The smallest absolute Gasteiger partial charge is 0.346 e. The van der Waals surface area contributed by atoms with Crippen molar-refractivity contribution in [2.75, 3.05) is 13.1 Å². The number of benzene rings is 2. The standard InChI is InChI=1S/C31H39F2N3O4/c1-22(2)27(28(38)31(32,33)30(40)34-21-23-13-6-3-7-14-23)35-29(39)25-17-12-20-36(25)19-11-5-10-18-26(37)24-15-8-4-9-16-24/h3-4,6-9,13-16,22,25,27H,5,10-12,17-21H2,1-2H3,(H,34,40)(H,35,39). The van der Waals surface area contributed by atoms with Crippen molar-refractivity contribution in [2.24, 2.45) is 5.92 Å². The fourth-order valence-corrected chi connectivity index (χ4v) is 4.92. The maximum atomic E-state index is 14.9. The molecular formula is C31H39F2N3O4. The van der Waals surface area contributed by atoms with Gasteiger partial charge in [0.25, 0.3) is 5.91 Å². The van der Waals surface area contributed by atoms with E-state index in [1.165, 1.54) is 0 Å². The fraction of sp³-hybridized carbons (Fsp3) is 0.484. The molecule has 0 aromatic heterocycles. The highest BCUT2D eigenvalue weighted by atomic mass is 19.3. The van der Waals surface area contributed by atoms with Gasteiger partial charge in [-0.05, 0) is 50.3 Å². The van der Waals surface area contributed by atoms with E-state index < -0.39 is 41.5 Å². The summed E-state index contributed by atoms with van der Waals surface area (Å²) in [5, 5.41) is 4.65. The number of amides is 2. The highest BCUT2D eigenvalue weighted by Crippen LogP contribution is 2.23. The van der Waals surface area contributed by atoms with Crippen LogP contribution in [0.15, 0.2) is 60.7 Å². The van der Waals surface area contributed by atoms with Crippen LogP contribution in [0.3, 0.4) is 0 Å². The molecule has 0 radical (unpaired) electrons. The quantitative estimate of drug-likeness (QED) is 0.191. The summed E-state index contributed by atoms with van der Waals surface area (Å²) in [5.41, 5.74) is 1.32. The normalized spacial score (nSPS) is 16.5. The zero-order valence-corrected chi connectivity index (χ0v) is 23.2. The summed E-state index contributed by atoms with van der Waals surface area (Å²) in [6.45, 7) is 4.31. The molecular weight excluding hydrogens is 516 g/mol. The number of nitrogens with zero attached hydrogens (tertiary/aromatic N) is 1. The highest BCUT2D eigenvalue weighted by molar-refractivity contribution is 6.10. The van der Waals surface area contributed by atoms with Crippen molar-refractivity contribution < 1.29 is 28.0 Å². The van der Waals surface area contributed by atoms with E-state index in [0.29, 0.717) is 37.1 Å². The van der Waals surface area contributed by atoms with E-state index in [1.54, 1.807) is 56.3 Å². The lowest BCUT2D eigenvalue weighted by Crippen LogP contribution is -2.58. The van der Waals surface area contributed by atoms with Crippen molar-refractivity contribution in [3.05, 3.63) is 71.8 Å². The number of halogens is 2. The minimum atomic E-state index is -4.29. The molecule has 2 amide bonds. The van der Waals surface area contributed by atoms with Crippen LogP contribution in [0.25, 0.3) is 0 Å². The summed E-state index contributed by atoms with van der Waals surface area (Å²) in [4.78, 5) is 52.5. The second-order valence-electron chi connectivity index (χ2n) is 10.6. The summed E-state index contributed by atoms with van der Waals surface area (Å²) >= 11 is 0. The van der Waals surface area contributed by atoms with Crippen LogP contribution in [-0.2, 0) is 20.9 Å². The molecule has 2 atom stereocenters. The molecule has 9 heteroatoms. The van der Waals surface area contributed by atoms with E-state index in [2.05, 4.69) is 10.6 Å². The number of carbonyl (C=O) groups excluding carboxylic acids is 4. The van der Waals surface area contributed by atoms with Crippen molar-refractivity contribution >= 4 is 23.4 Å². The van der Waals surface area contributed by atoms with Crippen LogP contribution in [0.4, 0.5) is 8.78 Å². The molecule has 2 N–H and O–H groups in total. The number of hydrogen-bond donors (Lipinski definition) is 2. The first-order valence-corrected chi connectivity index (χ1v) is 14.0. The van der Waals surface area contributed by atoms with Gasteiger partial charge in [0.15, 0.2) is 5.78 Å². The van der Waals surface area contributed by atoms with Gasteiger partial charge >= 0.3 is 5.92 Å². The first kappa shape index (κ1) is 31.1. The Balaban J connectivity index is 1.49. The van der Waals surface area contributed by atoms with Gasteiger partial charge in [-0.15, -0.1) is 0 Å². The lowest BCUT2D eigenvalue weighted by Gasteiger charge is -2.29. The molecule has 0 spiro atoms. The monoisotopic (exact) mass is 555 g/mol. The molecule has 3 rings (SSSR count). The number of ketones is 2. The minimum Gasteiger partial charge on any atom is -0.346 e. The molecule has 1 aliphatic rings. The molecule has 0 aliphatic carbocycles. The molecule has 1 aliphatic heterocycles. The number of hydrogen-bond acceptors (Lipinski definition) is 5. The summed E-state index contributed by atoms with van der Waals surface area (Å²) in [6, 6.07) is 15.7. The Morgan fingerprint density at radius 2 is 1.60 bits per heavy atom. The van der Waals surface area contributed by atoms with Gasteiger partial charge in [-0.2, -0.15) is 8.78 Å². The molecule has 2 aromatic rings. The lowest BCUT2D eigenvalue weighted by molar-refractivity contribution is -0.161. The molecule has 0 bridgehead atoms. The van der Waals surface area contributed by atoms with Crippen LogP contribution in [0.1, 0.15) is 68.3 Å². The average Bonchev–Trinajstić information content (AvgIpc) is 3.43. The molecule has 2 unspecified atom stereocenters. The van der Waals surface area contributed by atoms with Gasteiger partial charge in [-0.1, -0.05) is 80.9 Å². The van der Waals surface area contributed by atoms with Crippen molar-refractivity contribution in [1.82, 2.24) is 15.5 Å². The predicted molar refractivity (Wildman–Crippen MR) is 149 cm³/mol. The van der Waals surface area contributed by atoms with Crippen LogP contribution < -0.4 is 10.6 Å². The molecule has 2 aromatic carbocycles. The third-order valence-corrected chi connectivity index (χ3v) is 7.25. The van der Waals surface area contributed by atoms with Crippen LogP contribution in [0, 0.1) is 5.92 Å². The van der Waals surface area contributed by atoms with Crippen LogP contribution in [-0.4, -0.2) is 59.4 Å². The Morgan fingerprint density at radius 3 is 2.25 bits per heavy atom. The third kappa shape index (κ3) is 8.52. The first-order chi connectivity index (χ1) is 19.1. The van der Waals surface area contributed by atoms with E-state index in [4.69, 9.17) is 0 Å². The van der Waals surface area contributed by atoms with Gasteiger partial charge in [-0.25, -0.2) is 0 Å². The SMILES string of the molecule is CC(C)C(NC(=O)C1CCCN1CCCCCC(=O)c1ccccc1)C(=O)C(F)(F)C(=O)NCc1ccccc1. The van der Waals surface area contributed by atoms with E-state index >= 15 is 0 Å². The maximum Gasteiger partial charge on any atom is 0.383 e. The van der Waals surface area contributed by atoms with E-state index in [9.17, 15) is 28.0 Å². The van der Waals surface area contributed by atoms with Crippen LogP contribution in [0.2, 0.25) is 0 Å². The molecule has 1 fully saturated rings. The number of unbranched alkanes of at least 4 members (excludes halogenated alkanes) is 2. The molecule has 7 nitrogen and oxygen atoms in total. The van der Waals surface area contributed by atoms with Crippen molar-refractivity contribution in [1.29, 1.82) is 0 Å². The van der Waals surface area contributed by atoms with Crippen molar-refractivity contribution in [3.8, 4) is 0 Å². The molecule has 1 saturated heterocycles. The molecule has 40 heavy (non-hydrogen) atoms. The topological polar surface area (TPSA) is 95.6 Å². The second-order valence-corrected chi connectivity index (χ2v) is 10.6. The average molecular weight is 556 g/mol. The largest absolute Gasteiger partial charge is 0.383 e. The van der Waals surface area contributed by atoms with Gasteiger partial charge in [0, 0.05) is 18.5 Å². The Hall–Kier alpha value is -3.46. The van der Waals surface area contributed by atoms with E-state index in [-0.39, 0.29) is 12.3 Å². The maximum absolute atomic E-state index is 14.9. The summed E-state index contributed by atoms with van der Waals surface area (Å²) in [5.74, 6) is -8.60. The summed E-state index contributed by atoms with van der Waals surface area (Å²) in [6.07, 6.45) is 4.15. The van der Waals surface area contributed by atoms with Crippen molar-refractivity contribution in [3.63, 3.8) is 0 Å². The van der Waals surface area contributed by atoms with E-state index in [1.807, 2.05) is 23.1 Å². The Morgan fingerprint density at radius 1 is 0.950 bits per heavy atom. The number of nitrogens with one attached hydrogen (secondary N) is 2. The zero-order chi connectivity index (χ0) is 29.1. The summed E-state index contributed by atoms with van der Waals surface area (Å²) < 4.78 is 29.8. The van der Waals surface area contributed by atoms with Gasteiger partial charge in [0.2, 0.25) is 11.7 Å². The number of alkyl halides is 2. The molecule has 216 valence electrons. The molecule has 0 saturated carbocycles. The number of rotatable bonds is 15. The Bertz CT molecular complexity index is 1140. The van der Waals surface area contributed by atoms with Gasteiger partial charge in [0.05, 0.1) is 12.1 Å². The van der Waals surface area contributed by atoms with Gasteiger partial charge < -0.3 is 10.6 Å². The third-order valence-electron chi connectivity index (χ3n) is 7.25. The minimum absolute atomic E-state index is 0.106. The zero-order valence-electron chi connectivity index (χ0n) is 23.2. The Labute approximate surface area is 234 Å². The highest BCUT2D eigenvalue weighted by Gasteiger charge is 2.51. The Kier molecular flexibility index (Phi) is 11.5. The molecule has 1 heterocycles. The first-order valence-electron chi connectivity index (χ1n) is 14.0. The predicted octanol–water partition coefficient (Wildman–Crippen LogP) is 4.56. The fourth-order valence-electron chi connectivity index (χ4n) is 4.92. The van der Waals surface area contributed by atoms with Gasteiger partial charge in [0.1, 0.15) is 0 Å². The van der Waals surface area contributed by atoms with Crippen molar-refractivity contribution in [2.45, 2.75) is 76.9 Å². The number of carbonyl (C=O) groups is 4.